The highest BCUT2D eigenvalue weighted by molar-refractivity contribution is 5.94. The van der Waals surface area contributed by atoms with Gasteiger partial charge in [0.05, 0.1) is 17.0 Å². The molecule has 1 aromatic heterocycles. The Morgan fingerprint density at radius 3 is 2.89 bits per heavy atom. The fourth-order valence-corrected chi connectivity index (χ4v) is 2.36. The van der Waals surface area contributed by atoms with Crippen LogP contribution in [0.2, 0.25) is 0 Å². The second kappa shape index (κ2) is 5.32. The zero-order valence-corrected chi connectivity index (χ0v) is 10.6. The SMILES string of the molecule is O=C(Nc1ccc2nccnc2c1)[C@H]1CCCNC1. The van der Waals surface area contributed by atoms with Gasteiger partial charge in [-0.1, -0.05) is 0 Å². The molecule has 3 rings (SSSR count). The van der Waals surface area contributed by atoms with E-state index in [1.165, 1.54) is 0 Å². The van der Waals surface area contributed by atoms with Crippen LogP contribution in [0.5, 0.6) is 0 Å². The van der Waals surface area contributed by atoms with Crippen molar-refractivity contribution in [2.75, 3.05) is 18.4 Å². The lowest BCUT2D eigenvalue weighted by Crippen LogP contribution is -2.37. The number of hydrogen-bond acceptors (Lipinski definition) is 4. The van der Waals surface area contributed by atoms with E-state index in [-0.39, 0.29) is 11.8 Å². The van der Waals surface area contributed by atoms with Crippen LogP contribution in [0.15, 0.2) is 30.6 Å². The molecule has 0 spiro atoms. The minimum atomic E-state index is 0.0614. The van der Waals surface area contributed by atoms with Gasteiger partial charge in [-0.25, -0.2) is 0 Å². The van der Waals surface area contributed by atoms with Gasteiger partial charge in [-0.05, 0) is 37.6 Å². The van der Waals surface area contributed by atoms with Gasteiger partial charge in [0.2, 0.25) is 5.91 Å². The predicted octanol–water partition coefficient (Wildman–Crippen LogP) is 1.57. The molecule has 5 nitrogen and oxygen atoms in total. The summed E-state index contributed by atoms with van der Waals surface area (Å²) in [6, 6.07) is 5.60. The van der Waals surface area contributed by atoms with Crippen molar-refractivity contribution in [3.8, 4) is 0 Å². The number of carbonyl (C=O) groups excluding carboxylic acids is 1. The van der Waals surface area contributed by atoms with Crippen LogP contribution in [0, 0.1) is 5.92 Å². The predicted molar refractivity (Wildman–Crippen MR) is 73.8 cm³/mol. The molecule has 1 aliphatic rings. The van der Waals surface area contributed by atoms with Crippen LogP contribution < -0.4 is 10.6 Å². The van der Waals surface area contributed by atoms with Crippen molar-refractivity contribution in [2.45, 2.75) is 12.8 Å². The number of benzene rings is 1. The average Bonchev–Trinajstić information content (AvgIpc) is 2.48. The summed E-state index contributed by atoms with van der Waals surface area (Å²) in [4.78, 5) is 20.6. The van der Waals surface area contributed by atoms with Gasteiger partial charge in [-0.3, -0.25) is 14.8 Å². The van der Waals surface area contributed by atoms with Crippen molar-refractivity contribution in [3.05, 3.63) is 30.6 Å². The molecule has 5 heteroatoms. The lowest BCUT2D eigenvalue weighted by Gasteiger charge is -2.21. The van der Waals surface area contributed by atoms with Gasteiger partial charge in [0.25, 0.3) is 0 Å². The highest BCUT2D eigenvalue weighted by atomic mass is 16.1. The van der Waals surface area contributed by atoms with Crippen LogP contribution in [-0.4, -0.2) is 29.0 Å². The Morgan fingerprint density at radius 2 is 2.11 bits per heavy atom. The molecular formula is C14H16N4O. The molecule has 0 radical (unpaired) electrons. The monoisotopic (exact) mass is 256 g/mol. The van der Waals surface area contributed by atoms with E-state index in [2.05, 4.69) is 20.6 Å². The summed E-state index contributed by atoms with van der Waals surface area (Å²) < 4.78 is 0. The van der Waals surface area contributed by atoms with Crippen molar-refractivity contribution in [1.29, 1.82) is 0 Å². The molecule has 1 aromatic carbocycles. The number of aromatic nitrogens is 2. The minimum absolute atomic E-state index is 0.0614. The van der Waals surface area contributed by atoms with Crippen LogP contribution in [0.25, 0.3) is 11.0 Å². The topological polar surface area (TPSA) is 66.9 Å². The third kappa shape index (κ3) is 2.71. The first-order chi connectivity index (χ1) is 9.33. The maximum absolute atomic E-state index is 12.1. The van der Waals surface area contributed by atoms with Crippen molar-refractivity contribution in [2.24, 2.45) is 5.92 Å². The lowest BCUT2D eigenvalue weighted by atomic mass is 9.99. The number of anilines is 1. The summed E-state index contributed by atoms with van der Waals surface area (Å²) in [5, 5.41) is 6.21. The first-order valence-corrected chi connectivity index (χ1v) is 6.55. The van der Waals surface area contributed by atoms with E-state index in [0.717, 1.165) is 42.7 Å². The molecule has 19 heavy (non-hydrogen) atoms. The smallest absolute Gasteiger partial charge is 0.228 e. The molecule has 0 saturated carbocycles. The van der Waals surface area contributed by atoms with Gasteiger partial charge < -0.3 is 10.6 Å². The third-order valence-corrected chi connectivity index (χ3v) is 3.40. The fraction of sp³-hybridized carbons (Fsp3) is 0.357. The van der Waals surface area contributed by atoms with E-state index >= 15 is 0 Å². The van der Waals surface area contributed by atoms with Crippen LogP contribution in [0.3, 0.4) is 0 Å². The molecule has 2 N–H and O–H groups in total. The van der Waals surface area contributed by atoms with Crippen molar-refractivity contribution >= 4 is 22.6 Å². The normalized spacial score (nSPS) is 19.3. The number of fused-ring (bicyclic) bond motifs is 1. The molecule has 0 bridgehead atoms. The van der Waals surface area contributed by atoms with Gasteiger partial charge in [-0.2, -0.15) is 0 Å². The molecule has 1 fully saturated rings. The Balaban J connectivity index is 1.75. The van der Waals surface area contributed by atoms with Crippen molar-refractivity contribution in [1.82, 2.24) is 15.3 Å². The summed E-state index contributed by atoms with van der Waals surface area (Å²) in [5.74, 6) is 0.141. The number of carbonyl (C=O) groups is 1. The van der Waals surface area contributed by atoms with E-state index in [1.807, 2.05) is 18.2 Å². The Labute approximate surface area is 111 Å². The van der Waals surface area contributed by atoms with E-state index in [0.29, 0.717) is 0 Å². The highest BCUT2D eigenvalue weighted by Crippen LogP contribution is 2.17. The molecule has 1 saturated heterocycles. The van der Waals surface area contributed by atoms with Crippen molar-refractivity contribution in [3.63, 3.8) is 0 Å². The zero-order valence-electron chi connectivity index (χ0n) is 10.6. The van der Waals surface area contributed by atoms with Gasteiger partial charge in [0, 0.05) is 24.6 Å². The number of piperidine rings is 1. The second-order valence-electron chi connectivity index (χ2n) is 4.79. The van der Waals surface area contributed by atoms with Gasteiger partial charge in [0.15, 0.2) is 0 Å². The minimum Gasteiger partial charge on any atom is -0.326 e. The Kier molecular flexibility index (Phi) is 3.37. The van der Waals surface area contributed by atoms with Crippen molar-refractivity contribution < 1.29 is 4.79 Å². The van der Waals surface area contributed by atoms with E-state index in [4.69, 9.17) is 0 Å². The first kappa shape index (κ1) is 12.0. The number of hydrogen-bond donors (Lipinski definition) is 2. The molecule has 0 aliphatic carbocycles. The van der Waals surface area contributed by atoms with Crippen LogP contribution in [0.1, 0.15) is 12.8 Å². The largest absolute Gasteiger partial charge is 0.326 e. The summed E-state index contributed by atoms with van der Waals surface area (Å²) in [5.41, 5.74) is 2.41. The maximum atomic E-state index is 12.1. The summed E-state index contributed by atoms with van der Waals surface area (Å²) in [6.07, 6.45) is 5.32. The highest BCUT2D eigenvalue weighted by Gasteiger charge is 2.20. The van der Waals surface area contributed by atoms with E-state index in [1.54, 1.807) is 12.4 Å². The van der Waals surface area contributed by atoms with Gasteiger partial charge in [0.1, 0.15) is 0 Å². The van der Waals surface area contributed by atoms with Crippen LogP contribution in [0.4, 0.5) is 5.69 Å². The molecule has 1 amide bonds. The maximum Gasteiger partial charge on any atom is 0.228 e. The zero-order chi connectivity index (χ0) is 13.1. The quantitative estimate of drug-likeness (QED) is 0.856. The van der Waals surface area contributed by atoms with Gasteiger partial charge in [-0.15, -0.1) is 0 Å². The van der Waals surface area contributed by atoms with Crippen LogP contribution >= 0.6 is 0 Å². The third-order valence-electron chi connectivity index (χ3n) is 3.40. The number of nitrogens with zero attached hydrogens (tertiary/aromatic N) is 2. The number of rotatable bonds is 2. The molecule has 2 aromatic rings. The molecule has 0 unspecified atom stereocenters. The van der Waals surface area contributed by atoms with Gasteiger partial charge >= 0.3 is 0 Å². The molecule has 1 aliphatic heterocycles. The van der Waals surface area contributed by atoms with Crippen LogP contribution in [-0.2, 0) is 4.79 Å². The fourth-order valence-electron chi connectivity index (χ4n) is 2.36. The summed E-state index contributed by atoms with van der Waals surface area (Å²) >= 11 is 0. The Morgan fingerprint density at radius 1 is 1.26 bits per heavy atom. The molecule has 1 atom stereocenters. The Hall–Kier alpha value is -2.01. The lowest BCUT2D eigenvalue weighted by molar-refractivity contribution is -0.120. The number of nitrogens with one attached hydrogen (secondary N) is 2. The first-order valence-electron chi connectivity index (χ1n) is 6.55. The Bertz CT molecular complexity index is 593. The molecule has 98 valence electrons. The molecule has 2 heterocycles. The van der Waals surface area contributed by atoms with E-state index < -0.39 is 0 Å². The standard InChI is InChI=1S/C14H16N4O/c19-14(10-2-1-5-15-9-10)18-11-3-4-12-13(8-11)17-7-6-16-12/h3-4,6-8,10,15H,1-2,5,9H2,(H,18,19)/t10-/m0/s1. The molecular weight excluding hydrogens is 240 g/mol. The van der Waals surface area contributed by atoms with E-state index in [9.17, 15) is 4.79 Å². The second-order valence-corrected chi connectivity index (χ2v) is 4.79. The summed E-state index contributed by atoms with van der Waals surface area (Å²) in [7, 11) is 0. The average molecular weight is 256 g/mol. The number of amides is 1. The summed E-state index contributed by atoms with van der Waals surface area (Å²) in [6.45, 7) is 1.77.